The molecule has 1 nitrogen and oxygen atoms in total. The molecule has 2 aromatic rings. The monoisotopic (exact) mass is 245 g/mol. The van der Waals surface area contributed by atoms with Crippen molar-refractivity contribution in [2.75, 3.05) is 11.9 Å². The van der Waals surface area contributed by atoms with Crippen molar-refractivity contribution < 1.29 is 8.78 Å². The summed E-state index contributed by atoms with van der Waals surface area (Å²) in [7, 11) is 0. The second-order valence-electron chi connectivity index (χ2n) is 3.80. The van der Waals surface area contributed by atoms with Crippen molar-refractivity contribution in [1.29, 1.82) is 0 Å². The Balaban J connectivity index is 1.93. The van der Waals surface area contributed by atoms with E-state index in [0.717, 1.165) is 11.6 Å². The Labute approximate surface area is 105 Å². The van der Waals surface area contributed by atoms with Crippen LogP contribution in [0.4, 0.5) is 14.5 Å². The van der Waals surface area contributed by atoms with Crippen LogP contribution in [0.3, 0.4) is 0 Å². The largest absolute Gasteiger partial charge is 0.379 e. The molecule has 0 saturated carbocycles. The Morgan fingerprint density at radius 1 is 0.944 bits per heavy atom. The first-order chi connectivity index (χ1) is 8.77. The number of anilines is 1. The minimum atomic E-state index is -0.842. The summed E-state index contributed by atoms with van der Waals surface area (Å²) in [4.78, 5) is 0. The molecule has 0 unspecified atom stereocenters. The Morgan fingerprint density at radius 2 is 1.72 bits per heavy atom. The van der Waals surface area contributed by atoms with Crippen molar-refractivity contribution in [3.8, 4) is 0 Å². The highest BCUT2D eigenvalue weighted by atomic mass is 19.2. The van der Waals surface area contributed by atoms with Crippen LogP contribution in [-0.2, 0) is 0 Å². The molecule has 0 aliphatic rings. The summed E-state index contributed by atoms with van der Waals surface area (Å²) in [6.07, 6.45) is 3.78. The highest BCUT2D eigenvalue weighted by Crippen LogP contribution is 2.16. The highest BCUT2D eigenvalue weighted by Gasteiger charge is 2.05. The zero-order valence-corrected chi connectivity index (χ0v) is 9.74. The number of hydrogen-bond acceptors (Lipinski definition) is 1. The molecule has 0 aromatic heterocycles. The quantitative estimate of drug-likeness (QED) is 0.855. The van der Waals surface area contributed by atoms with Gasteiger partial charge in [-0.2, -0.15) is 0 Å². The molecule has 18 heavy (non-hydrogen) atoms. The topological polar surface area (TPSA) is 12.0 Å². The highest BCUT2D eigenvalue weighted by molar-refractivity contribution is 5.51. The van der Waals surface area contributed by atoms with E-state index in [-0.39, 0.29) is 5.69 Å². The van der Waals surface area contributed by atoms with E-state index < -0.39 is 11.6 Å². The van der Waals surface area contributed by atoms with Crippen molar-refractivity contribution in [3.63, 3.8) is 0 Å². The molecule has 1 N–H and O–H groups in total. The van der Waals surface area contributed by atoms with E-state index in [1.807, 2.05) is 42.5 Å². The zero-order valence-electron chi connectivity index (χ0n) is 9.74. The second-order valence-corrected chi connectivity index (χ2v) is 3.80. The van der Waals surface area contributed by atoms with Crippen molar-refractivity contribution >= 4 is 11.8 Å². The summed E-state index contributed by atoms with van der Waals surface area (Å²) in [6.45, 7) is 0.440. The van der Waals surface area contributed by atoms with Crippen LogP contribution in [0.2, 0.25) is 0 Å². The predicted molar refractivity (Wildman–Crippen MR) is 70.3 cm³/mol. The number of benzene rings is 2. The molecule has 0 bridgehead atoms. The van der Waals surface area contributed by atoms with E-state index in [1.165, 1.54) is 12.1 Å². The average Bonchev–Trinajstić information content (AvgIpc) is 2.40. The lowest BCUT2D eigenvalue weighted by Gasteiger charge is -2.04. The fourth-order valence-corrected chi connectivity index (χ4v) is 1.57. The minimum absolute atomic E-state index is 0.174. The summed E-state index contributed by atoms with van der Waals surface area (Å²) >= 11 is 0. The van der Waals surface area contributed by atoms with Gasteiger partial charge in [0.2, 0.25) is 0 Å². The van der Waals surface area contributed by atoms with E-state index in [4.69, 9.17) is 0 Å². The molecular formula is C15H13F2N. The van der Waals surface area contributed by atoms with E-state index >= 15 is 0 Å². The number of halogens is 2. The fraction of sp³-hybridized carbons (Fsp3) is 0.0667. The molecule has 0 saturated heterocycles. The Bertz CT molecular complexity index is 535. The molecule has 0 spiro atoms. The van der Waals surface area contributed by atoms with E-state index in [9.17, 15) is 8.78 Å². The summed E-state index contributed by atoms with van der Waals surface area (Å²) in [5, 5.41) is 2.82. The van der Waals surface area contributed by atoms with Crippen LogP contribution in [-0.4, -0.2) is 6.54 Å². The third kappa shape index (κ3) is 3.17. The van der Waals surface area contributed by atoms with Gasteiger partial charge in [0.15, 0.2) is 11.6 Å². The first-order valence-electron chi connectivity index (χ1n) is 5.67. The first-order valence-corrected chi connectivity index (χ1v) is 5.67. The molecule has 92 valence electrons. The number of nitrogens with one attached hydrogen (secondary N) is 1. The van der Waals surface area contributed by atoms with Gasteiger partial charge in [-0.1, -0.05) is 48.6 Å². The number of hydrogen-bond donors (Lipinski definition) is 1. The summed E-state index contributed by atoms with van der Waals surface area (Å²) in [5.41, 5.74) is 1.24. The second kappa shape index (κ2) is 5.96. The standard InChI is InChI=1S/C15H13F2N/c16-13-9-4-10-14(15(13)17)18-11-5-8-12-6-2-1-3-7-12/h1-10,18H,11H2. The van der Waals surface area contributed by atoms with E-state index in [1.54, 1.807) is 0 Å². The Morgan fingerprint density at radius 3 is 2.50 bits per heavy atom. The average molecular weight is 245 g/mol. The predicted octanol–water partition coefficient (Wildman–Crippen LogP) is 4.09. The van der Waals surface area contributed by atoms with Gasteiger partial charge < -0.3 is 5.32 Å². The molecule has 3 heteroatoms. The van der Waals surface area contributed by atoms with Gasteiger partial charge in [-0.15, -0.1) is 0 Å². The van der Waals surface area contributed by atoms with Crippen LogP contribution >= 0.6 is 0 Å². The molecule has 0 amide bonds. The number of rotatable bonds is 4. The van der Waals surface area contributed by atoms with E-state index in [2.05, 4.69) is 5.32 Å². The molecule has 0 radical (unpaired) electrons. The van der Waals surface area contributed by atoms with Crippen LogP contribution in [0.5, 0.6) is 0 Å². The normalized spacial score (nSPS) is 10.8. The smallest absolute Gasteiger partial charge is 0.181 e. The van der Waals surface area contributed by atoms with Crippen LogP contribution in [0.15, 0.2) is 54.6 Å². The molecule has 2 aromatic carbocycles. The van der Waals surface area contributed by atoms with Crippen molar-refractivity contribution in [3.05, 3.63) is 71.8 Å². The molecule has 0 aliphatic carbocycles. The fourth-order valence-electron chi connectivity index (χ4n) is 1.57. The van der Waals surface area contributed by atoms with E-state index in [0.29, 0.717) is 6.54 Å². The lowest BCUT2D eigenvalue weighted by Crippen LogP contribution is -2.01. The van der Waals surface area contributed by atoms with Crippen LogP contribution in [0, 0.1) is 11.6 Å². The Hall–Kier alpha value is -2.16. The molecule has 0 atom stereocenters. The van der Waals surface area contributed by atoms with Gasteiger partial charge in [0, 0.05) is 6.54 Å². The minimum Gasteiger partial charge on any atom is -0.379 e. The lowest BCUT2D eigenvalue weighted by molar-refractivity contribution is 0.511. The SMILES string of the molecule is Fc1cccc(NCC=Cc2ccccc2)c1F. The van der Waals surface area contributed by atoms with Crippen molar-refractivity contribution in [2.24, 2.45) is 0 Å². The first kappa shape index (κ1) is 12.3. The molecule has 0 fully saturated rings. The van der Waals surface area contributed by atoms with Gasteiger partial charge in [0.05, 0.1) is 5.69 Å². The van der Waals surface area contributed by atoms with Crippen LogP contribution in [0.25, 0.3) is 6.08 Å². The van der Waals surface area contributed by atoms with Crippen molar-refractivity contribution in [2.45, 2.75) is 0 Å². The van der Waals surface area contributed by atoms with Crippen LogP contribution in [0.1, 0.15) is 5.56 Å². The molecular weight excluding hydrogens is 232 g/mol. The van der Waals surface area contributed by atoms with Gasteiger partial charge >= 0.3 is 0 Å². The summed E-state index contributed by atoms with van der Waals surface area (Å²) in [6, 6.07) is 13.9. The van der Waals surface area contributed by atoms with Gasteiger partial charge in [-0.25, -0.2) is 8.78 Å². The maximum absolute atomic E-state index is 13.3. The van der Waals surface area contributed by atoms with Gasteiger partial charge in [-0.3, -0.25) is 0 Å². The third-order valence-corrected chi connectivity index (χ3v) is 2.47. The maximum atomic E-state index is 13.3. The van der Waals surface area contributed by atoms with Gasteiger partial charge in [-0.05, 0) is 17.7 Å². The lowest BCUT2D eigenvalue weighted by atomic mass is 10.2. The van der Waals surface area contributed by atoms with Gasteiger partial charge in [0.1, 0.15) is 0 Å². The zero-order chi connectivity index (χ0) is 12.8. The Kier molecular flexibility index (Phi) is 4.07. The molecule has 0 heterocycles. The van der Waals surface area contributed by atoms with Gasteiger partial charge in [0.25, 0.3) is 0 Å². The van der Waals surface area contributed by atoms with Crippen molar-refractivity contribution in [1.82, 2.24) is 0 Å². The third-order valence-electron chi connectivity index (χ3n) is 2.47. The molecule has 0 aliphatic heterocycles. The van der Waals surface area contributed by atoms with Crippen LogP contribution < -0.4 is 5.32 Å². The summed E-state index contributed by atoms with van der Waals surface area (Å²) < 4.78 is 26.2. The molecule has 2 rings (SSSR count). The summed E-state index contributed by atoms with van der Waals surface area (Å²) in [5.74, 6) is -1.68. The maximum Gasteiger partial charge on any atom is 0.181 e.